The molecule has 1 N–H and O–H groups in total. The number of para-hydroxylation sites is 1. The number of carbonyl (C=O) groups is 1. The molecular formula is C15H11N2O3S2-. The minimum Gasteiger partial charge on any atom is -0.548 e. The molecule has 0 fully saturated rings. The van der Waals surface area contributed by atoms with Crippen molar-refractivity contribution >= 4 is 52.6 Å². The molecule has 5 nitrogen and oxygen atoms in total. The van der Waals surface area contributed by atoms with Crippen molar-refractivity contribution in [2.24, 2.45) is 4.99 Å². The lowest BCUT2D eigenvalue weighted by Gasteiger charge is -2.05. The number of hydrogen-bond donors (Lipinski definition) is 1. The Kier molecular flexibility index (Phi) is 3.67. The van der Waals surface area contributed by atoms with E-state index in [9.17, 15) is 15.0 Å². The van der Waals surface area contributed by atoms with Crippen LogP contribution in [0.1, 0.15) is 17.4 Å². The standard InChI is InChI=1S/C15H12N2O3S2/c1-8-10(9-4-2-3-5-11(9)16-8)6-12-14(20)17(7-13(18)19)15(21)22-12/h2-6,20H,7H2,1H3,(H,18,19)/p-1/b10-6-. The topological polar surface area (TPSA) is 77.7 Å². The number of aromatic hydroxyl groups is 1. The second-order valence-corrected chi connectivity index (χ2v) is 6.46. The first kappa shape index (κ1) is 14.7. The fourth-order valence-electron chi connectivity index (χ4n) is 2.32. The van der Waals surface area contributed by atoms with Gasteiger partial charge in [0.2, 0.25) is 5.88 Å². The third-order valence-corrected chi connectivity index (χ3v) is 4.71. The van der Waals surface area contributed by atoms with Gasteiger partial charge < -0.3 is 15.0 Å². The molecule has 0 saturated heterocycles. The van der Waals surface area contributed by atoms with E-state index in [1.54, 1.807) is 6.08 Å². The van der Waals surface area contributed by atoms with Crippen molar-refractivity contribution in [1.82, 2.24) is 4.57 Å². The van der Waals surface area contributed by atoms with Gasteiger partial charge in [0.25, 0.3) is 0 Å². The van der Waals surface area contributed by atoms with Gasteiger partial charge in [-0.15, -0.1) is 11.3 Å². The van der Waals surface area contributed by atoms with Crippen LogP contribution in [0.3, 0.4) is 0 Å². The number of carboxylic acid groups (broad SMARTS) is 1. The van der Waals surface area contributed by atoms with Crippen LogP contribution in [0.15, 0.2) is 29.3 Å². The quantitative estimate of drug-likeness (QED) is 0.876. The maximum absolute atomic E-state index is 10.7. The number of aliphatic carboxylic acids is 1. The molecule has 1 aliphatic heterocycles. The summed E-state index contributed by atoms with van der Waals surface area (Å²) >= 11 is 6.25. The van der Waals surface area contributed by atoms with E-state index >= 15 is 0 Å². The van der Waals surface area contributed by atoms with Gasteiger partial charge in [-0.05, 0) is 31.3 Å². The van der Waals surface area contributed by atoms with Crippen molar-refractivity contribution in [1.29, 1.82) is 0 Å². The highest BCUT2D eigenvalue weighted by Gasteiger charge is 2.19. The highest BCUT2D eigenvalue weighted by Crippen LogP contribution is 2.38. The summed E-state index contributed by atoms with van der Waals surface area (Å²) in [6.45, 7) is 1.42. The van der Waals surface area contributed by atoms with E-state index in [0.717, 1.165) is 38.4 Å². The monoisotopic (exact) mass is 331 g/mol. The van der Waals surface area contributed by atoms with Gasteiger partial charge >= 0.3 is 0 Å². The first-order valence-electron chi connectivity index (χ1n) is 6.46. The van der Waals surface area contributed by atoms with Gasteiger partial charge in [-0.3, -0.25) is 9.56 Å². The van der Waals surface area contributed by atoms with Gasteiger partial charge in [0.15, 0.2) is 3.95 Å². The smallest absolute Gasteiger partial charge is 0.211 e. The third kappa shape index (κ3) is 2.49. The zero-order chi connectivity index (χ0) is 15.9. The van der Waals surface area contributed by atoms with Gasteiger partial charge in [0.1, 0.15) is 0 Å². The van der Waals surface area contributed by atoms with E-state index in [2.05, 4.69) is 4.99 Å². The maximum Gasteiger partial charge on any atom is 0.211 e. The molecule has 0 bridgehead atoms. The number of aliphatic imine (C=N–C) groups is 1. The first-order chi connectivity index (χ1) is 10.5. The largest absolute Gasteiger partial charge is 0.548 e. The van der Waals surface area contributed by atoms with Crippen molar-refractivity contribution in [2.75, 3.05) is 0 Å². The second kappa shape index (κ2) is 5.51. The minimum absolute atomic E-state index is 0.163. The van der Waals surface area contributed by atoms with Crippen molar-refractivity contribution in [3.05, 3.63) is 38.7 Å². The molecule has 1 aromatic heterocycles. The summed E-state index contributed by atoms with van der Waals surface area (Å²) in [5, 5.41) is 20.9. The zero-order valence-corrected chi connectivity index (χ0v) is 13.2. The van der Waals surface area contributed by atoms with E-state index in [-0.39, 0.29) is 9.83 Å². The number of aromatic nitrogens is 1. The predicted molar refractivity (Wildman–Crippen MR) is 86.9 cm³/mol. The SMILES string of the molecule is CC1=Nc2ccccc2/C1=C\c1sc(=S)n(CC(=O)[O-])c1O. The number of nitrogens with zero attached hydrogens (tertiary/aromatic N) is 2. The number of thiazole rings is 1. The molecule has 0 amide bonds. The Morgan fingerprint density at radius 2 is 2.23 bits per heavy atom. The highest BCUT2D eigenvalue weighted by molar-refractivity contribution is 7.73. The van der Waals surface area contributed by atoms with Crippen LogP contribution in [0.5, 0.6) is 5.88 Å². The van der Waals surface area contributed by atoms with E-state index in [0.29, 0.717) is 4.88 Å². The summed E-state index contributed by atoms with van der Waals surface area (Å²) in [4.78, 5) is 15.7. The number of hydrogen-bond acceptors (Lipinski definition) is 6. The number of rotatable bonds is 3. The Morgan fingerprint density at radius 1 is 1.50 bits per heavy atom. The molecular weight excluding hydrogens is 320 g/mol. The second-order valence-electron chi connectivity index (χ2n) is 4.79. The Hall–Kier alpha value is -2.25. The molecule has 2 aromatic rings. The summed E-state index contributed by atoms with van der Waals surface area (Å²) < 4.78 is 1.43. The summed E-state index contributed by atoms with van der Waals surface area (Å²) in [7, 11) is 0. The van der Waals surface area contributed by atoms with Crippen molar-refractivity contribution < 1.29 is 15.0 Å². The van der Waals surface area contributed by atoms with Gasteiger partial charge in [0, 0.05) is 16.8 Å². The molecule has 0 unspecified atom stereocenters. The molecule has 0 aliphatic carbocycles. The van der Waals surface area contributed by atoms with Crippen LogP contribution >= 0.6 is 23.6 Å². The zero-order valence-electron chi connectivity index (χ0n) is 11.6. The molecule has 3 rings (SSSR count). The fraction of sp³-hybridized carbons (Fsp3) is 0.133. The average Bonchev–Trinajstić information content (AvgIpc) is 2.91. The lowest BCUT2D eigenvalue weighted by molar-refractivity contribution is -0.306. The normalized spacial score (nSPS) is 15.0. The number of benzene rings is 1. The number of carboxylic acids is 1. The first-order valence-corrected chi connectivity index (χ1v) is 7.69. The van der Waals surface area contributed by atoms with Gasteiger partial charge in [-0.2, -0.15) is 0 Å². The summed E-state index contributed by atoms with van der Waals surface area (Å²) in [5.74, 6) is -1.46. The highest BCUT2D eigenvalue weighted by atomic mass is 32.1. The third-order valence-electron chi connectivity index (χ3n) is 3.33. The molecule has 112 valence electrons. The van der Waals surface area contributed by atoms with E-state index in [4.69, 9.17) is 12.2 Å². The van der Waals surface area contributed by atoms with Crippen molar-refractivity contribution in [3.8, 4) is 5.88 Å². The molecule has 1 aliphatic rings. The minimum atomic E-state index is -1.30. The van der Waals surface area contributed by atoms with E-state index < -0.39 is 12.5 Å². The Labute approximate surface area is 135 Å². The summed E-state index contributed by atoms with van der Waals surface area (Å²) in [6, 6.07) is 7.71. The van der Waals surface area contributed by atoms with Crippen LogP contribution in [0, 0.1) is 3.95 Å². The average molecular weight is 331 g/mol. The molecule has 0 radical (unpaired) electrons. The molecule has 1 aromatic carbocycles. The molecule has 7 heteroatoms. The van der Waals surface area contributed by atoms with E-state index in [1.165, 1.54) is 0 Å². The van der Waals surface area contributed by atoms with Gasteiger partial charge in [-0.1, -0.05) is 18.2 Å². The lowest BCUT2D eigenvalue weighted by atomic mass is 10.0. The molecule has 22 heavy (non-hydrogen) atoms. The predicted octanol–water partition coefficient (Wildman–Crippen LogP) is 2.38. The van der Waals surface area contributed by atoms with Crippen LogP contribution in [0.4, 0.5) is 5.69 Å². The molecule has 0 atom stereocenters. The van der Waals surface area contributed by atoms with Crippen LogP contribution in [-0.4, -0.2) is 21.4 Å². The van der Waals surface area contributed by atoms with Gasteiger partial charge in [-0.25, -0.2) is 0 Å². The van der Waals surface area contributed by atoms with Crippen LogP contribution in [0.2, 0.25) is 0 Å². The summed E-state index contributed by atoms with van der Waals surface area (Å²) in [6.07, 6.45) is 1.78. The Balaban J connectivity index is 2.09. The number of allylic oxidation sites excluding steroid dienone is 1. The van der Waals surface area contributed by atoms with Crippen molar-refractivity contribution in [2.45, 2.75) is 13.5 Å². The Bertz CT molecular complexity index is 890. The molecule has 0 saturated carbocycles. The maximum atomic E-state index is 10.7. The van der Waals surface area contributed by atoms with Crippen LogP contribution in [0.25, 0.3) is 11.6 Å². The summed E-state index contributed by atoms with van der Waals surface area (Å²) in [5.41, 5.74) is 3.59. The molecule has 0 spiro atoms. The Morgan fingerprint density at radius 3 is 2.95 bits per heavy atom. The fourth-order valence-corrected chi connectivity index (χ4v) is 3.57. The lowest BCUT2D eigenvalue weighted by Crippen LogP contribution is -2.27. The number of carbonyl (C=O) groups excluding carboxylic acids is 1. The van der Waals surface area contributed by atoms with Crippen LogP contribution < -0.4 is 5.11 Å². The molecule has 2 heterocycles. The van der Waals surface area contributed by atoms with Crippen molar-refractivity contribution in [3.63, 3.8) is 0 Å². The number of fused-ring (bicyclic) bond motifs is 1. The van der Waals surface area contributed by atoms with E-state index in [1.807, 2.05) is 31.2 Å². The van der Waals surface area contributed by atoms with Crippen LogP contribution in [-0.2, 0) is 11.3 Å². The van der Waals surface area contributed by atoms with Gasteiger partial charge in [0.05, 0.1) is 23.1 Å².